The highest BCUT2D eigenvalue weighted by Crippen LogP contribution is 2.32. The molecule has 1 amide bonds. The van der Waals surface area contributed by atoms with Gasteiger partial charge in [-0.2, -0.15) is 0 Å². The lowest BCUT2D eigenvalue weighted by atomic mass is 9.98. The first-order valence-corrected chi connectivity index (χ1v) is 14.7. The summed E-state index contributed by atoms with van der Waals surface area (Å²) in [6, 6.07) is 16.8. The molecule has 4 rings (SSSR count). The third-order valence-electron chi connectivity index (χ3n) is 7.18. The Bertz CT molecular complexity index is 1250. The summed E-state index contributed by atoms with van der Waals surface area (Å²) in [4.78, 5) is 43.3. The minimum atomic E-state index is -0.949. The van der Waals surface area contributed by atoms with Crippen LogP contribution >= 0.6 is 0 Å². The fraction of sp³-hybridized carbons (Fsp3) is 0.545. The van der Waals surface area contributed by atoms with Crippen molar-refractivity contribution in [2.75, 3.05) is 26.7 Å². The van der Waals surface area contributed by atoms with E-state index in [0.717, 1.165) is 12.1 Å². The van der Waals surface area contributed by atoms with E-state index < -0.39 is 47.7 Å². The number of ether oxygens (including phenoxy) is 5. The number of benzene rings is 2. The van der Waals surface area contributed by atoms with Crippen molar-refractivity contribution in [2.24, 2.45) is 5.92 Å². The van der Waals surface area contributed by atoms with E-state index in [9.17, 15) is 14.4 Å². The van der Waals surface area contributed by atoms with Gasteiger partial charge in [-0.25, -0.2) is 9.59 Å². The maximum absolute atomic E-state index is 13.5. The van der Waals surface area contributed by atoms with Crippen LogP contribution in [0.1, 0.15) is 52.7 Å². The van der Waals surface area contributed by atoms with E-state index in [1.165, 1.54) is 10.5 Å². The first kappa shape index (κ1) is 32.1. The molecule has 3 atom stereocenters. The molecular formula is C33H44N2O8. The van der Waals surface area contributed by atoms with Crippen LogP contribution in [0.3, 0.4) is 0 Å². The molecule has 0 aromatic heterocycles. The van der Waals surface area contributed by atoms with Gasteiger partial charge in [0.25, 0.3) is 0 Å². The van der Waals surface area contributed by atoms with Crippen molar-refractivity contribution in [1.82, 2.24) is 9.80 Å². The Morgan fingerprint density at radius 2 is 1.42 bits per heavy atom. The monoisotopic (exact) mass is 596 g/mol. The molecule has 0 radical (unpaired) electrons. The SMILES string of the molecule is COc1ccc(C[C@@H]2[C@H](OC(=O)C3CN(Cc4ccccc4)C3)[C@@H](OC(=O)OC(C)(C)C)CN2C(=O)OC(C)(C)C)cc1. The standard InChI is InChI=1S/C33H44N2O8/c1-32(2,3)42-30(37)35-21-27(40-31(38)43-33(4,5)6)28(26(35)17-22-13-15-25(39-7)16-14-22)41-29(36)24-19-34(20-24)18-23-11-9-8-10-12-23/h8-16,24,26-28H,17-21H2,1-7H3/t26-,27+,28+/m1/s1. The molecule has 2 aromatic rings. The summed E-state index contributed by atoms with van der Waals surface area (Å²) < 4.78 is 28.3. The molecule has 2 aliphatic rings. The number of likely N-dealkylation sites (tertiary alicyclic amines) is 2. The quantitative estimate of drug-likeness (QED) is 0.300. The summed E-state index contributed by atoms with van der Waals surface area (Å²) in [5, 5.41) is 0. The van der Waals surface area contributed by atoms with Crippen LogP contribution in [0.2, 0.25) is 0 Å². The highest BCUT2D eigenvalue weighted by Gasteiger charge is 2.51. The van der Waals surface area contributed by atoms with E-state index in [1.54, 1.807) is 48.7 Å². The van der Waals surface area contributed by atoms with Gasteiger partial charge in [-0.15, -0.1) is 0 Å². The minimum Gasteiger partial charge on any atom is -0.497 e. The second kappa shape index (κ2) is 13.2. The summed E-state index contributed by atoms with van der Waals surface area (Å²) in [6.07, 6.45) is -3.03. The normalized spacial score (nSPS) is 21.1. The fourth-order valence-electron chi connectivity index (χ4n) is 5.19. The highest BCUT2D eigenvalue weighted by atomic mass is 16.7. The number of hydrogen-bond acceptors (Lipinski definition) is 9. The summed E-state index contributed by atoms with van der Waals surface area (Å²) in [6.45, 7) is 12.4. The molecule has 0 N–H and O–H groups in total. The van der Waals surface area contributed by atoms with Crippen molar-refractivity contribution in [3.63, 3.8) is 0 Å². The van der Waals surface area contributed by atoms with Gasteiger partial charge in [-0.1, -0.05) is 42.5 Å². The van der Waals surface area contributed by atoms with Crippen molar-refractivity contribution in [3.05, 3.63) is 65.7 Å². The Morgan fingerprint density at radius 3 is 2.00 bits per heavy atom. The van der Waals surface area contributed by atoms with Crippen molar-refractivity contribution in [3.8, 4) is 5.75 Å². The van der Waals surface area contributed by atoms with Crippen LogP contribution in [-0.2, 0) is 36.7 Å². The summed E-state index contributed by atoms with van der Waals surface area (Å²) in [5.74, 6) is -0.0284. The number of esters is 1. The molecule has 0 aliphatic carbocycles. The van der Waals surface area contributed by atoms with E-state index in [1.807, 2.05) is 42.5 Å². The molecule has 2 saturated heterocycles. The zero-order valence-corrected chi connectivity index (χ0v) is 26.2. The topological polar surface area (TPSA) is 104 Å². The molecule has 10 nitrogen and oxygen atoms in total. The smallest absolute Gasteiger partial charge is 0.497 e. The Balaban J connectivity index is 1.55. The molecule has 0 unspecified atom stereocenters. The van der Waals surface area contributed by atoms with Crippen LogP contribution in [0.25, 0.3) is 0 Å². The predicted molar refractivity (Wildman–Crippen MR) is 160 cm³/mol. The molecule has 0 saturated carbocycles. The fourth-order valence-corrected chi connectivity index (χ4v) is 5.19. The van der Waals surface area contributed by atoms with E-state index in [4.69, 9.17) is 23.7 Å². The number of amides is 1. The van der Waals surface area contributed by atoms with Crippen molar-refractivity contribution >= 4 is 18.2 Å². The van der Waals surface area contributed by atoms with Crippen molar-refractivity contribution < 1.29 is 38.1 Å². The second-order valence-electron chi connectivity index (χ2n) is 13.2. The number of rotatable bonds is 8. The first-order chi connectivity index (χ1) is 20.2. The third kappa shape index (κ3) is 9.10. The number of carbonyl (C=O) groups is 3. The van der Waals surface area contributed by atoms with Gasteiger partial charge in [0.15, 0.2) is 12.2 Å². The average Bonchev–Trinajstić information content (AvgIpc) is 3.21. The highest BCUT2D eigenvalue weighted by molar-refractivity contribution is 5.75. The van der Waals surface area contributed by atoms with Gasteiger partial charge in [-0.05, 0) is 71.2 Å². The molecule has 0 bridgehead atoms. The van der Waals surface area contributed by atoms with Crippen LogP contribution in [0.15, 0.2) is 54.6 Å². The molecule has 2 heterocycles. The van der Waals surface area contributed by atoms with Gasteiger partial charge in [0.1, 0.15) is 17.0 Å². The van der Waals surface area contributed by atoms with Gasteiger partial charge in [0.05, 0.1) is 25.6 Å². The average molecular weight is 597 g/mol. The van der Waals surface area contributed by atoms with E-state index >= 15 is 0 Å². The van der Waals surface area contributed by atoms with Gasteiger partial charge in [-0.3, -0.25) is 14.6 Å². The lowest BCUT2D eigenvalue weighted by Crippen LogP contribution is -2.52. The Kier molecular flexibility index (Phi) is 9.89. The molecule has 2 aliphatic heterocycles. The maximum Gasteiger partial charge on any atom is 0.509 e. The zero-order valence-electron chi connectivity index (χ0n) is 26.2. The van der Waals surface area contributed by atoms with Gasteiger partial charge < -0.3 is 23.7 Å². The summed E-state index contributed by atoms with van der Waals surface area (Å²) >= 11 is 0. The Hall–Kier alpha value is -3.79. The number of nitrogens with zero attached hydrogens (tertiary/aromatic N) is 2. The largest absolute Gasteiger partial charge is 0.509 e. The zero-order chi connectivity index (χ0) is 31.4. The van der Waals surface area contributed by atoms with Gasteiger partial charge >= 0.3 is 18.2 Å². The van der Waals surface area contributed by atoms with Crippen LogP contribution in [0.5, 0.6) is 5.75 Å². The lowest BCUT2D eigenvalue weighted by Gasteiger charge is -2.38. The molecule has 234 valence electrons. The van der Waals surface area contributed by atoms with Crippen molar-refractivity contribution in [2.45, 2.75) is 84.0 Å². The third-order valence-corrected chi connectivity index (χ3v) is 7.18. The van der Waals surface area contributed by atoms with E-state index in [2.05, 4.69) is 17.0 Å². The Labute approximate surface area is 254 Å². The second-order valence-corrected chi connectivity index (χ2v) is 13.2. The van der Waals surface area contributed by atoms with Gasteiger partial charge in [0, 0.05) is 19.6 Å². The van der Waals surface area contributed by atoms with E-state index in [0.29, 0.717) is 25.3 Å². The number of methoxy groups -OCH3 is 1. The number of hydrogen-bond donors (Lipinski definition) is 0. The molecule has 43 heavy (non-hydrogen) atoms. The summed E-state index contributed by atoms with van der Waals surface area (Å²) in [5.41, 5.74) is 0.509. The predicted octanol–water partition coefficient (Wildman–Crippen LogP) is 5.22. The molecule has 10 heteroatoms. The van der Waals surface area contributed by atoms with Crippen LogP contribution in [0, 0.1) is 5.92 Å². The maximum atomic E-state index is 13.5. The van der Waals surface area contributed by atoms with Crippen LogP contribution in [0.4, 0.5) is 9.59 Å². The first-order valence-electron chi connectivity index (χ1n) is 14.7. The minimum absolute atomic E-state index is 0.0161. The number of carbonyl (C=O) groups excluding carboxylic acids is 3. The molecule has 0 spiro atoms. The van der Waals surface area contributed by atoms with Crippen molar-refractivity contribution in [1.29, 1.82) is 0 Å². The Morgan fingerprint density at radius 1 is 0.791 bits per heavy atom. The summed E-state index contributed by atoms with van der Waals surface area (Å²) in [7, 11) is 1.59. The van der Waals surface area contributed by atoms with Crippen LogP contribution < -0.4 is 4.74 Å². The molecule has 2 fully saturated rings. The molecule has 2 aromatic carbocycles. The molecular weight excluding hydrogens is 552 g/mol. The lowest BCUT2D eigenvalue weighted by molar-refractivity contribution is -0.167. The van der Waals surface area contributed by atoms with Crippen LogP contribution in [-0.4, -0.2) is 84.2 Å². The van der Waals surface area contributed by atoms with E-state index in [-0.39, 0.29) is 12.5 Å². The van der Waals surface area contributed by atoms with Gasteiger partial charge in [0.2, 0.25) is 0 Å².